The van der Waals surface area contributed by atoms with Crippen LogP contribution in [0.1, 0.15) is 55.5 Å². The van der Waals surface area contributed by atoms with Crippen molar-refractivity contribution in [3.05, 3.63) is 65.2 Å². The molecule has 1 heterocycles. The average molecular weight is 682 g/mol. The Morgan fingerprint density at radius 3 is 2.04 bits per heavy atom. The van der Waals surface area contributed by atoms with Crippen LogP contribution in [0, 0.1) is 11.2 Å². The number of nitrogens with one attached hydrogen (secondary N) is 1. The number of hydroxylamine groups is 1. The fourth-order valence-corrected chi connectivity index (χ4v) is 6.35. The van der Waals surface area contributed by atoms with Crippen LogP contribution in [0.4, 0.5) is 54.4 Å². The zero-order chi connectivity index (χ0) is 34.6. The molecule has 2 amide bonds. The molecule has 18 heteroatoms. The number of hydrogen-bond acceptors (Lipinski definition) is 5. The number of nitrogens with zero attached hydrogens (tertiary/aromatic N) is 4. The molecule has 254 valence electrons. The Balaban J connectivity index is 1.33. The highest BCUT2D eigenvalue weighted by atomic mass is 19.4. The van der Waals surface area contributed by atoms with Gasteiger partial charge in [-0.2, -0.15) is 39.5 Å². The van der Waals surface area contributed by atoms with E-state index in [1.165, 1.54) is 22.8 Å². The zero-order valence-electron chi connectivity index (χ0n) is 24.3. The number of rotatable bonds is 5. The molecule has 0 radical (unpaired) electrons. The van der Waals surface area contributed by atoms with Gasteiger partial charge in [0, 0.05) is 24.6 Å². The fraction of sp³-hybridized carbons (Fsp3) is 0.448. The average Bonchev–Trinajstić information content (AvgIpc) is 3.40. The monoisotopic (exact) mass is 681 g/mol. The van der Waals surface area contributed by atoms with Gasteiger partial charge in [-0.15, -0.1) is 15.3 Å². The van der Waals surface area contributed by atoms with E-state index in [2.05, 4.69) is 20.4 Å². The van der Waals surface area contributed by atoms with E-state index in [1.54, 1.807) is 7.05 Å². The molecule has 2 bridgehead atoms. The summed E-state index contributed by atoms with van der Waals surface area (Å²) in [5.41, 5.74) is -5.06. The van der Waals surface area contributed by atoms with Crippen LogP contribution in [0.5, 0.6) is 0 Å². The van der Waals surface area contributed by atoms with Crippen molar-refractivity contribution >= 4 is 17.7 Å². The van der Waals surface area contributed by atoms with Crippen LogP contribution in [0.2, 0.25) is 0 Å². The number of fused-ring (bicyclic) bond motifs is 3. The third-order valence-electron chi connectivity index (χ3n) is 8.92. The Hall–Kier alpha value is -4.38. The van der Waals surface area contributed by atoms with E-state index in [-0.39, 0.29) is 35.1 Å². The van der Waals surface area contributed by atoms with Crippen molar-refractivity contribution in [2.45, 2.75) is 62.5 Å². The molecule has 0 aliphatic heterocycles. The van der Waals surface area contributed by atoms with Gasteiger partial charge in [-0.05, 0) is 68.2 Å². The van der Waals surface area contributed by atoms with Gasteiger partial charge in [0.15, 0.2) is 5.82 Å². The smallest absolute Gasteiger partial charge is 0.335 e. The molecule has 47 heavy (non-hydrogen) atoms. The lowest BCUT2D eigenvalue weighted by Crippen LogP contribution is -2.52. The summed E-state index contributed by atoms with van der Waals surface area (Å²) in [7, 11) is 1.57. The van der Waals surface area contributed by atoms with Crippen LogP contribution in [-0.4, -0.2) is 39.5 Å². The third-order valence-corrected chi connectivity index (χ3v) is 8.92. The summed E-state index contributed by atoms with van der Waals surface area (Å²) in [4.78, 5) is 28.7. The van der Waals surface area contributed by atoms with Gasteiger partial charge in [0.25, 0.3) is 0 Å². The normalized spacial score (nSPS) is 21.4. The lowest BCUT2D eigenvalue weighted by molar-refractivity contribution is -0.199. The molecule has 3 fully saturated rings. The third kappa shape index (κ3) is 6.58. The van der Waals surface area contributed by atoms with Crippen molar-refractivity contribution in [3.63, 3.8) is 0 Å². The predicted molar refractivity (Wildman–Crippen MR) is 143 cm³/mol. The summed E-state index contributed by atoms with van der Waals surface area (Å²) < 4.78 is 135. The minimum Gasteiger partial charge on any atom is -0.335 e. The van der Waals surface area contributed by atoms with Crippen LogP contribution in [0.25, 0.3) is 11.4 Å². The number of amides is 2. The molecule has 8 nitrogen and oxygen atoms in total. The Bertz CT molecular complexity index is 1660. The van der Waals surface area contributed by atoms with E-state index in [0.29, 0.717) is 50.4 Å². The van der Waals surface area contributed by atoms with Gasteiger partial charge < -0.3 is 14.7 Å². The Labute approximate surface area is 259 Å². The van der Waals surface area contributed by atoms with Gasteiger partial charge in [-0.3, -0.25) is 0 Å². The van der Waals surface area contributed by atoms with E-state index in [9.17, 15) is 53.5 Å². The molecule has 3 aromatic rings. The Kier molecular flexibility index (Phi) is 8.45. The number of carbonyl (C=O) groups excluding carboxylic acids is 2. The van der Waals surface area contributed by atoms with E-state index >= 15 is 0 Å². The number of halogens is 10. The van der Waals surface area contributed by atoms with Crippen LogP contribution >= 0.6 is 0 Å². The first-order chi connectivity index (χ1) is 21.8. The molecule has 0 atom stereocenters. The van der Waals surface area contributed by atoms with E-state index in [1.807, 2.05) is 0 Å². The Morgan fingerprint density at radius 2 is 1.47 bits per heavy atom. The van der Waals surface area contributed by atoms with Crippen molar-refractivity contribution in [3.8, 4) is 11.4 Å². The van der Waals surface area contributed by atoms with Gasteiger partial charge in [0.05, 0.1) is 16.8 Å². The molecule has 0 saturated heterocycles. The first kappa shape index (κ1) is 34.0. The van der Waals surface area contributed by atoms with Gasteiger partial charge in [-0.25, -0.2) is 14.0 Å². The first-order valence-electron chi connectivity index (χ1n) is 14.1. The molecule has 1 aromatic heterocycles. The van der Waals surface area contributed by atoms with E-state index in [4.69, 9.17) is 0 Å². The fourth-order valence-electron chi connectivity index (χ4n) is 6.35. The molecule has 3 aliphatic rings. The van der Waals surface area contributed by atoms with E-state index in [0.717, 1.165) is 6.07 Å². The summed E-state index contributed by atoms with van der Waals surface area (Å²) in [6, 6.07) is 4.32. The van der Waals surface area contributed by atoms with Gasteiger partial charge in [-0.1, -0.05) is 18.2 Å². The highest BCUT2D eigenvalue weighted by molar-refractivity contribution is 5.93. The molecule has 2 aromatic carbocycles. The predicted octanol–water partition coefficient (Wildman–Crippen LogP) is 7.49. The number of anilines is 1. The van der Waals surface area contributed by atoms with Crippen molar-refractivity contribution < 1.29 is 58.3 Å². The zero-order valence-corrected chi connectivity index (χ0v) is 24.3. The minimum absolute atomic E-state index is 0.0277. The molecular weight excluding hydrogens is 656 g/mol. The highest BCUT2D eigenvalue weighted by Gasteiger charge is 2.52. The van der Waals surface area contributed by atoms with Crippen LogP contribution in [-0.2, 0) is 34.4 Å². The standard InChI is InChI=1S/C29H25F10N5O3/c1-43-21(17-4-2-3-5-18(17)27(31,32)33)41-42-22(43)26-11-8-25(9-12-26,10-13-26)15-40-24(46)44(47-23(45)29(37,38)39)16-6-7-20(30)19(14-16)28(34,35)36/h2-7,14H,8-13,15H2,1H3,(H,40,46). The van der Waals surface area contributed by atoms with Crippen molar-refractivity contribution in [1.29, 1.82) is 0 Å². The van der Waals surface area contributed by atoms with Crippen LogP contribution in [0.15, 0.2) is 42.5 Å². The molecule has 3 aliphatic carbocycles. The van der Waals surface area contributed by atoms with Crippen molar-refractivity contribution in [1.82, 2.24) is 20.1 Å². The van der Waals surface area contributed by atoms with Gasteiger partial charge in [0.1, 0.15) is 11.6 Å². The Morgan fingerprint density at radius 1 is 0.872 bits per heavy atom. The molecule has 0 unspecified atom stereocenters. The summed E-state index contributed by atoms with van der Waals surface area (Å²) in [6.07, 6.45) is -12.8. The highest BCUT2D eigenvalue weighted by Crippen LogP contribution is 2.57. The molecule has 1 N–H and O–H groups in total. The largest absolute Gasteiger partial charge is 0.493 e. The first-order valence-corrected chi connectivity index (χ1v) is 14.1. The van der Waals surface area contributed by atoms with Crippen molar-refractivity contribution in [2.75, 3.05) is 11.6 Å². The van der Waals surface area contributed by atoms with Crippen LogP contribution < -0.4 is 10.4 Å². The summed E-state index contributed by atoms with van der Waals surface area (Å²) in [5, 5.41) is 10.4. The molecule has 0 spiro atoms. The van der Waals surface area contributed by atoms with Crippen molar-refractivity contribution in [2.24, 2.45) is 12.5 Å². The number of alkyl halides is 9. The summed E-state index contributed by atoms with van der Waals surface area (Å²) >= 11 is 0. The second-order valence-electron chi connectivity index (χ2n) is 11.7. The topological polar surface area (TPSA) is 89.3 Å². The lowest BCUT2D eigenvalue weighted by Gasteiger charge is -2.53. The molecule has 6 rings (SSSR count). The number of benzene rings is 2. The summed E-state index contributed by atoms with van der Waals surface area (Å²) in [5.74, 6) is -4.16. The van der Waals surface area contributed by atoms with Gasteiger partial charge >= 0.3 is 30.5 Å². The van der Waals surface area contributed by atoms with E-state index < -0.39 is 64.0 Å². The quantitative estimate of drug-likeness (QED) is 0.223. The maximum absolute atomic E-state index is 13.8. The number of aromatic nitrogens is 3. The summed E-state index contributed by atoms with van der Waals surface area (Å²) in [6.45, 7) is -0.168. The van der Waals surface area contributed by atoms with Crippen LogP contribution in [0.3, 0.4) is 0 Å². The lowest BCUT2D eigenvalue weighted by atomic mass is 9.53. The number of hydrogen-bond donors (Lipinski definition) is 1. The SMILES string of the molecule is Cn1c(-c2ccccc2C(F)(F)F)nnc1C12CCC(CNC(=O)N(OC(=O)C(F)(F)F)c3ccc(F)c(C(F)(F)F)c3)(CC1)CC2. The maximum Gasteiger partial charge on any atom is 0.493 e. The maximum atomic E-state index is 13.8. The molecular formula is C29H25F10N5O3. The second kappa shape index (κ2) is 11.7. The van der Waals surface area contributed by atoms with Gasteiger partial charge in [0.2, 0.25) is 0 Å². The second-order valence-corrected chi connectivity index (χ2v) is 11.7. The number of carbonyl (C=O) groups is 2. The minimum atomic E-state index is -5.62. The molecule has 3 saturated carbocycles. The number of urea groups is 1.